The summed E-state index contributed by atoms with van der Waals surface area (Å²) >= 11 is 7.90. The molecule has 9 nitrogen and oxygen atoms in total. The van der Waals surface area contributed by atoms with E-state index in [9.17, 15) is 9.59 Å². The van der Waals surface area contributed by atoms with Crippen molar-refractivity contribution in [3.05, 3.63) is 81.0 Å². The summed E-state index contributed by atoms with van der Waals surface area (Å²) in [4.78, 5) is 32.1. The quantitative estimate of drug-likeness (QED) is 0.341. The van der Waals surface area contributed by atoms with Crippen LogP contribution in [0.4, 0.5) is 0 Å². The molecule has 0 spiro atoms. The van der Waals surface area contributed by atoms with E-state index >= 15 is 0 Å². The fourth-order valence-electron chi connectivity index (χ4n) is 5.07. The summed E-state index contributed by atoms with van der Waals surface area (Å²) in [6.07, 6.45) is 0.422. The molecule has 0 aliphatic carbocycles. The van der Waals surface area contributed by atoms with Gasteiger partial charge >= 0.3 is 0 Å². The number of benzene rings is 2. The van der Waals surface area contributed by atoms with E-state index in [0.717, 1.165) is 24.2 Å². The number of carbonyl (C=O) groups is 2. The monoisotopic (exact) mass is 596 g/mol. The molecule has 0 bridgehead atoms. The van der Waals surface area contributed by atoms with Crippen molar-refractivity contribution in [3.63, 3.8) is 0 Å². The third kappa shape index (κ3) is 6.73. The number of nitrogens with zero attached hydrogens (tertiary/aromatic N) is 4. The number of thiophene rings is 1. The standard InChI is InChI=1S/C30H33ClN4O5S/c1-38-21-9-10-27(39-2)23(18-21)26-19-25(22-6-3-4-7-24(22)31)32-35(26)29(36)20-34(30(37)28-8-5-17-41-28)12-11-33-13-15-40-16-14-33/h3-10,17-18,26H,11-16,19-20H2,1-2H3/t26-/m1/s1. The van der Waals surface area contributed by atoms with E-state index in [1.165, 1.54) is 16.3 Å². The molecule has 0 radical (unpaired) electrons. The van der Waals surface area contributed by atoms with Crippen LogP contribution in [0.3, 0.4) is 0 Å². The lowest BCUT2D eigenvalue weighted by molar-refractivity contribution is -0.133. The fourth-order valence-corrected chi connectivity index (χ4v) is 6.01. The second-order valence-electron chi connectivity index (χ2n) is 9.75. The van der Waals surface area contributed by atoms with Crippen LogP contribution < -0.4 is 9.47 Å². The van der Waals surface area contributed by atoms with Crippen molar-refractivity contribution in [1.29, 1.82) is 0 Å². The molecule has 0 N–H and O–H groups in total. The van der Waals surface area contributed by atoms with Crippen molar-refractivity contribution in [2.75, 3.05) is 60.2 Å². The van der Waals surface area contributed by atoms with Gasteiger partial charge in [-0.2, -0.15) is 5.10 Å². The van der Waals surface area contributed by atoms with Crippen LogP contribution in [0.1, 0.15) is 33.3 Å². The molecule has 5 rings (SSSR count). The summed E-state index contributed by atoms with van der Waals surface area (Å²) in [5.74, 6) is 0.780. The second kappa shape index (κ2) is 13.5. The maximum absolute atomic E-state index is 14.1. The Hall–Kier alpha value is -3.44. The molecule has 2 amide bonds. The lowest BCUT2D eigenvalue weighted by atomic mass is 9.97. The molecular weight excluding hydrogens is 564 g/mol. The molecule has 1 atom stereocenters. The highest BCUT2D eigenvalue weighted by Crippen LogP contribution is 2.40. The molecular formula is C30H33ClN4O5S. The third-order valence-electron chi connectivity index (χ3n) is 7.28. The van der Waals surface area contributed by atoms with Crippen LogP contribution in [0.25, 0.3) is 0 Å². The Morgan fingerprint density at radius 2 is 1.90 bits per heavy atom. The average molecular weight is 597 g/mol. The Balaban J connectivity index is 1.46. The third-order valence-corrected chi connectivity index (χ3v) is 8.47. The molecule has 2 aromatic carbocycles. The van der Waals surface area contributed by atoms with E-state index in [2.05, 4.69) is 4.90 Å². The first-order valence-electron chi connectivity index (χ1n) is 13.5. The average Bonchev–Trinajstić information content (AvgIpc) is 3.70. The topological polar surface area (TPSA) is 83.9 Å². The Morgan fingerprint density at radius 1 is 1.10 bits per heavy atom. The first kappa shape index (κ1) is 29.1. The van der Waals surface area contributed by atoms with Crippen molar-refractivity contribution >= 4 is 40.5 Å². The van der Waals surface area contributed by atoms with E-state index in [4.69, 9.17) is 30.9 Å². The van der Waals surface area contributed by atoms with Gasteiger partial charge in [-0.25, -0.2) is 5.01 Å². The van der Waals surface area contributed by atoms with Crippen LogP contribution in [0.2, 0.25) is 5.02 Å². The van der Waals surface area contributed by atoms with Gasteiger partial charge in [-0.05, 0) is 35.7 Å². The number of rotatable bonds is 10. The first-order valence-corrected chi connectivity index (χ1v) is 14.7. The molecule has 1 saturated heterocycles. The van der Waals surface area contributed by atoms with Gasteiger partial charge in [0.05, 0.1) is 44.1 Å². The molecule has 0 saturated carbocycles. The van der Waals surface area contributed by atoms with Gasteiger partial charge < -0.3 is 19.1 Å². The summed E-state index contributed by atoms with van der Waals surface area (Å²) in [6, 6.07) is 16.1. The number of methoxy groups -OCH3 is 2. The molecule has 3 aromatic rings. The van der Waals surface area contributed by atoms with Gasteiger partial charge in [0.1, 0.15) is 18.0 Å². The fraction of sp³-hybridized carbons (Fsp3) is 0.367. The van der Waals surface area contributed by atoms with Crippen molar-refractivity contribution < 1.29 is 23.8 Å². The van der Waals surface area contributed by atoms with Gasteiger partial charge in [-0.3, -0.25) is 14.5 Å². The predicted molar refractivity (Wildman–Crippen MR) is 159 cm³/mol. The van der Waals surface area contributed by atoms with Crippen LogP contribution in [-0.2, 0) is 9.53 Å². The molecule has 0 unspecified atom stereocenters. The van der Waals surface area contributed by atoms with Crippen molar-refractivity contribution in [1.82, 2.24) is 14.8 Å². The van der Waals surface area contributed by atoms with Gasteiger partial charge in [-0.15, -0.1) is 11.3 Å². The maximum atomic E-state index is 14.1. The minimum absolute atomic E-state index is 0.122. The van der Waals surface area contributed by atoms with Gasteiger partial charge in [0.15, 0.2) is 0 Å². The van der Waals surface area contributed by atoms with Gasteiger partial charge in [0.2, 0.25) is 0 Å². The molecule has 3 heterocycles. The van der Waals surface area contributed by atoms with Crippen molar-refractivity contribution in [2.45, 2.75) is 12.5 Å². The zero-order valence-electron chi connectivity index (χ0n) is 23.1. The lowest BCUT2D eigenvalue weighted by Gasteiger charge is -2.31. The van der Waals surface area contributed by atoms with Crippen LogP contribution in [0.15, 0.2) is 65.1 Å². The summed E-state index contributed by atoms with van der Waals surface area (Å²) in [5.41, 5.74) is 2.20. The number of amides is 2. The zero-order valence-corrected chi connectivity index (χ0v) is 24.7. The van der Waals surface area contributed by atoms with Gasteiger partial charge in [0, 0.05) is 48.7 Å². The largest absolute Gasteiger partial charge is 0.497 e. The Kier molecular flexibility index (Phi) is 9.56. The molecule has 11 heteroatoms. The number of hydrogen-bond acceptors (Lipinski definition) is 8. The maximum Gasteiger partial charge on any atom is 0.264 e. The number of morpholine rings is 1. The minimum Gasteiger partial charge on any atom is -0.497 e. The molecule has 41 heavy (non-hydrogen) atoms. The van der Waals surface area contributed by atoms with Crippen molar-refractivity contribution in [2.24, 2.45) is 5.10 Å². The minimum atomic E-state index is -0.475. The summed E-state index contributed by atoms with van der Waals surface area (Å²) < 4.78 is 16.6. The zero-order chi connectivity index (χ0) is 28.8. The molecule has 2 aliphatic rings. The Bertz CT molecular complexity index is 1390. The lowest BCUT2D eigenvalue weighted by Crippen LogP contribution is -2.46. The number of halogens is 1. The van der Waals surface area contributed by atoms with E-state index in [0.29, 0.717) is 59.8 Å². The van der Waals surface area contributed by atoms with Crippen LogP contribution >= 0.6 is 22.9 Å². The van der Waals surface area contributed by atoms with Crippen LogP contribution in [0.5, 0.6) is 11.5 Å². The summed E-state index contributed by atoms with van der Waals surface area (Å²) in [5, 5.41) is 8.68. The highest BCUT2D eigenvalue weighted by molar-refractivity contribution is 7.12. The predicted octanol–water partition coefficient (Wildman–Crippen LogP) is 4.57. The van der Waals surface area contributed by atoms with Crippen LogP contribution in [-0.4, -0.2) is 92.5 Å². The number of hydrogen-bond donors (Lipinski definition) is 0. The molecule has 216 valence electrons. The van der Waals surface area contributed by atoms with Gasteiger partial charge in [0.25, 0.3) is 11.8 Å². The Morgan fingerprint density at radius 3 is 2.61 bits per heavy atom. The number of ether oxygens (including phenoxy) is 3. The SMILES string of the molecule is COc1ccc(OC)c([C@H]2CC(c3ccccc3Cl)=NN2C(=O)CN(CCN2CCOCC2)C(=O)c2cccs2)c1. The number of hydrazone groups is 1. The Labute approximate surface area is 248 Å². The van der Waals surface area contributed by atoms with Crippen LogP contribution in [0, 0.1) is 0 Å². The highest BCUT2D eigenvalue weighted by atomic mass is 35.5. The van der Waals surface area contributed by atoms with Crippen molar-refractivity contribution in [3.8, 4) is 11.5 Å². The van der Waals surface area contributed by atoms with Gasteiger partial charge in [-0.1, -0.05) is 35.9 Å². The van der Waals surface area contributed by atoms with E-state index in [1.807, 2.05) is 47.8 Å². The highest BCUT2D eigenvalue weighted by Gasteiger charge is 2.37. The van der Waals surface area contributed by atoms with E-state index in [1.54, 1.807) is 31.3 Å². The first-order chi connectivity index (χ1) is 20.0. The molecule has 1 fully saturated rings. The molecule has 1 aromatic heterocycles. The smallest absolute Gasteiger partial charge is 0.264 e. The summed E-state index contributed by atoms with van der Waals surface area (Å²) in [6.45, 7) is 3.85. The number of carbonyl (C=O) groups excluding carboxylic acids is 2. The van der Waals surface area contributed by atoms with E-state index < -0.39 is 6.04 Å². The second-order valence-corrected chi connectivity index (χ2v) is 11.1. The normalized spacial score (nSPS) is 17.3. The summed E-state index contributed by atoms with van der Waals surface area (Å²) in [7, 11) is 3.19. The van der Waals surface area contributed by atoms with E-state index in [-0.39, 0.29) is 18.4 Å². The molecule has 2 aliphatic heterocycles.